The lowest BCUT2D eigenvalue weighted by molar-refractivity contribution is 0.0904. The molecule has 11 heteroatoms. The number of anilines is 1. The molecule has 0 saturated carbocycles. The van der Waals surface area contributed by atoms with Gasteiger partial charge >= 0.3 is 0 Å². The van der Waals surface area contributed by atoms with E-state index < -0.39 is 0 Å². The molecule has 3 aromatic carbocycles. The molecule has 7 rings (SSSR count). The van der Waals surface area contributed by atoms with Crippen LogP contribution in [0.4, 0.5) is 5.69 Å². The van der Waals surface area contributed by atoms with Crippen LogP contribution in [0.1, 0.15) is 81.8 Å². The molecule has 0 bridgehead atoms. The number of nitrogens with zero attached hydrogens (tertiary/aromatic N) is 4. The smallest absolute Gasteiger partial charge is 0.251 e. The first-order chi connectivity index (χ1) is 26.9. The van der Waals surface area contributed by atoms with Gasteiger partial charge in [-0.05, 0) is 105 Å². The predicted molar refractivity (Wildman–Crippen MR) is 218 cm³/mol. The number of nitrogens with one attached hydrogen (secondary N) is 4. The van der Waals surface area contributed by atoms with Crippen molar-refractivity contribution >= 4 is 28.5 Å². The van der Waals surface area contributed by atoms with Crippen LogP contribution in [-0.2, 0) is 37.3 Å². The predicted octanol–water partition coefficient (Wildman–Crippen LogP) is 6.24. The molecule has 288 valence electrons. The molecule has 2 aromatic heterocycles. The molecule has 0 radical (unpaired) electrons. The number of ether oxygens (including phenoxy) is 1. The number of fused-ring (bicyclic) bond motifs is 1. The van der Waals surface area contributed by atoms with Crippen molar-refractivity contribution in [1.29, 1.82) is 0 Å². The summed E-state index contributed by atoms with van der Waals surface area (Å²) in [5.41, 5.74) is 10.4. The standard InChI is InChI=1S/C44H54N8O3/c1-4-40-38(41(49-36-16-22-55-23-17-36)39-28-48-52(5-2)42(39)50-40)27-47-44(54)34-13-7-12-33(25-34)43(53)46-26-35-14-8-15-37(30(35)3)32-11-6-10-31(24-32)29-51-20-9-18-45-19-21-51/h6-8,10-15,24-25,28,36,45H,4-5,9,16-23,26-27,29H2,1-3H3,(H,46,53)(H,47,54)(H,49,50). The van der Waals surface area contributed by atoms with Gasteiger partial charge in [-0.25, -0.2) is 9.67 Å². The largest absolute Gasteiger partial charge is 0.381 e. The minimum Gasteiger partial charge on any atom is -0.381 e. The van der Waals surface area contributed by atoms with Gasteiger partial charge in [0.1, 0.15) is 0 Å². The minimum atomic E-state index is -0.253. The summed E-state index contributed by atoms with van der Waals surface area (Å²) in [4.78, 5) is 34.6. The monoisotopic (exact) mass is 742 g/mol. The van der Waals surface area contributed by atoms with Gasteiger partial charge in [0.15, 0.2) is 5.65 Å². The van der Waals surface area contributed by atoms with Gasteiger partial charge in [0.05, 0.1) is 17.3 Å². The van der Waals surface area contributed by atoms with Gasteiger partial charge in [0, 0.05) is 80.9 Å². The number of pyridine rings is 1. The number of carbonyl (C=O) groups is 2. The highest BCUT2D eigenvalue weighted by Crippen LogP contribution is 2.32. The normalized spacial score (nSPS) is 15.5. The van der Waals surface area contributed by atoms with Crippen LogP contribution in [0.25, 0.3) is 22.2 Å². The average molecular weight is 743 g/mol. The van der Waals surface area contributed by atoms with Crippen LogP contribution in [0, 0.1) is 6.92 Å². The second kappa shape index (κ2) is 18.0. The van der Waals surface area contributed by atoms with E-state index in [1.54, 1.807) is 24.3 Å². The van der Waals surface area contributed by atoms with Gasteiger partial charge in [0.25, 0.3) is 11.8 Å². The Morgan fingerprint density at radius 1 is 0.909 bits per heavy atom. The molecular weight excluding hydrogens is 689 g/mol. The fraction of sp³-hybridized carbons (Fsp3) is 0.409. The SMILES string of the molecule is CCc1nc2c(cnn2CC)c(NC2CCOCC2)c1CNC(=O)c1cccc(C(=O)NCc2cccc(-c3cccc(CN4CCCNCC4)c3)c2C)c1. The quantitative estimate of drug-likeness (QED) is 0.112. The van der Waals surface area contributed by atoms with Crippen molar-refractivity contribution in [3.63, 3.8) is 0 Å². The number of amides is 2. The number of benzene rings is 3. The topological polar surface area (TPSA) is 125 Å². The zero-order chi connectivity index (χ0) is 38.1. The molecule has 2 fully saturated rings. The number of hydrogen-bond acceptors (Lipinski definition) is 8. The Morgan fingerprint density at radius 2 is 1.67 bits per heavy atom. The summed E-state index contributed by atoms with van der Waals surface area (Å²) < 4.78 is 7.52. The van der Waals surface area contributed by atoms with Gasteiger partial charge < -0.3 is 26.0 Å². The summed E-state index contributed by atoms with van der Waals surface area (Å²) in [6, 6.07) is 22.2. The second-order valence-corrected chi connectivity index (χ2v) is 14.6. The Hall–Kier alpha value is -5.10. The Bertz CT molecular complexity index is 2110. The number of rotatable bonds is 13. The van der Waals surface area contributed by atoms with Gasteiger partial charge in [-0.1, -0.05) is 49.4 Å². The molecule has 4 heterocycles. The molecule has 2 aliphatic rings. The molecule has 2 aliphatic heterocycles. The van der Waals surface area contributed by atoms with Crippen LogP contribution >= 0.6 is 0 Å². The summed E-state index contributed by atoms with van der Waals surface area (Å²) in [6.07, 6.45) is 5.56. The maximum atomic E-state index is 13.6. The van der Waals surface area contributed by atoms with E-state index in [1.807, 2.05) is 10.9 Å². The zero-order valence-electron chi connectivity index (χ0n) is 32.4. The molecule has 11 nitrogen and oxygen atoms in total. The van der Waals surface area contributed by atoms with E-state index in [9.17, 15) is 9.59 Å². The minimum absolute atomic E-state index is 0.229. The molecule has 2 amide bonds. The molecule has 4 N–H and O–H groups in total. The van der Waals surface area contributed by atoms with E-state index in [2.05, 4.69) is 94.5 Å². The summed E-state index contributed by atoms with van der Waals surface area (Å²) in [5, 5.41) is 19.0. The molecule has 0 spiro atoms. The molecule has 0 aliphatic carbocycles. The van der Waals surface area contributed by atoms with Crippen LogP contribution in [0.5, 0.6) is 0 Å². The van der Waals surface area contributed by atoms with Crippen molar-refractivity contribution in [3.05, 3.63) is 112 Å². The Kier molecular flexibility index (Phi) is 12.5. The van der Waals surface area contributed by atoms with Crippen LogP contribution in [0.15, 0.2) is 72.9 Å². The fourth-order valence-corrected chi connectivity index (χ4v) is 7.79. The van der Waals surface area contributed by atoms with E-state index >= 15 is 0 Å². The Balaban J connectivity index is 1.02. The van der Waals surface area contributed by atoms with Crippen molar-refractivity contribution in [3.8, 4) is 11.1 Å². The average Bonchev–Trinajstić information content (AvgIpc) is 3.46. The van der Waals surface area contributed by atoms with Gasteiger partial charge in [-0.3, -0.25) is 14.5 Å². The lowest BCUT2D eigenvalue weighted by Gasteiger charge is -2.26. The lowest BCUT2D eigenvalue weighted by atomic mass is 9.95. The van der Waals surface area contributed by atoms with Crippen LogP contribution in [0.2, 0.25) is 0 Å². The van der Waals surface area contributed by atoms with Crippen molar-refractivity contribution < 1.29 is 14.3 Å². The van der Waals surface area contributed by atoms with Crippen LogP contribution in [-0.4, -0.2) is 76.9 Å². The maximum Gasteiger partial charge on any atom is 0.251 e. The van der Waals surface area contributed by atoms with E-state index in [0.29, 0.717) is 50.4 Å². The van der Waals surface area contributed by atoms with E-state index in [0.717, 1.165) is 90.2 Å². The van der Waals surface area contributed by atoms with Gasteiger partial charge in [-0.2, -0.15) is 5.10 Å². The second-order valence-electron chi connectivity index (χ2n) is 14.6. The maximum absolute atomic E-state index is 13.6. The highest BCUT2D eigenvalue weighted by Gasteiger charge is 2.22. The van der Waals surface area contributed by atoms with Crippen LogP contribution < -0.4 is 21.3 Å². The Morgan fingerprint density at radius 3 is 2.45 bits per heavy atom. The number of aryl methyl sites for hydroxylation is 2. The third kappa shape index (κ3) is 9.07. The third-order valence-electron chi connectivity index (χ3n) is 11.0. The van der Waals surface area contributed by atoms with E-state index in [-0.39, 0.29) is 17.9 Å². The van der Waals surface area contributed by atoms with Crippen molar-refractivity contribution in [2.24, 2.45) is 0 Å². The number of hydrogen-bond donors (Lipinski definition) is 4. The first kappa shape index (κ1) is 38.2. The van der Waals surface area contributed by atoms with E-state index in [4.69, 9.17) is 9.72 Å². The third-order valence-corrected chi connectivity index (χ3v) is 11.0. The van der Waals surface area contributed by atoms with Crippen molar-refractivity contribution in [2.75, 3.05) is 44.7 Å². The first-order valence-electron chi connectivity index (χ1n) is 19.9. The molecule has 2 saturated heterocycles. The number of carbonyl (C=O) groups excluding carboxylic acids is 2. The molecule has 55 heavy (non-hydrogen) atoms. The van der Waals surface area contributed by atoms with Crippen molar-refractivity contribution in [1.82, 2.24) is 35.6 Å². The summed E-state index contributed by atoms with van der Waals surface area (Å²) in [5.74, 6) is -0.483. The first-order valence-corrected chi connectivity index (χ1v) is 19.9. The fourth-order valence-electron chi connectivity index (χ4n) is 7.79. The van der Waals surface area contributed by atoms with Gasteiger partial charge in [-0.15, -0.1) is 0 Å². The summed E-state index contributed by atoms with van der Waals surface area (Å²) >= 11 is 0. The molecular formula is C44H54N8O3. The highest BCUT2D eigenvalue weighted by atomic mass is 16.5. The van der Waals surface area contributed by atoms with Crippen molar-refractivity contribution in [2.45, 2.75) is 78.7 Å². The summed E-state index contributed by atoms with van der Waals surface area (Å²) in [6.45, 7) is 14.3. The molecule has 0 unspecified atom stereocenters. The Labute approximate surface area is 324 Å². The molecule has 5 aromatic rings. The van der Waals surface area contributed by atoms with E-state index in [1.165, 1.54) is 17.5 Å². The van der Waals surface area contributed by atoms with Gasteiger partial charge in [0.2, 0.25) is 0 Å². The number of aromatic nitrogens is 3. The van der Waals surface area contributed by atoms with Crippen LogP contribution in [0.3, 0.4) is 0 Å². The molecule has 0 atom stereocenters. The summed E-state index contributed by atoms with van der Waals surface area (Å²) in [7, 11) is 0. The zero-order valence-corrected chi connectivity index (χ0v) is 32.4. The lowest BCUT2D eigenvalue weighted by Crippen LogP contribution is -2.30. The highest BCUT2D eigenvalue weighted by molar-refractivity contribution is 6.00.